The Balaban J connectivity index is 1.93. The van der Waals surface area contributed by atoms with Gasteiger partial charge in [-0.3, -0.25) is 0 Å². The van der Waals surface area contributed by atoms with Crippen LogP contribution in [0.5, 0.6) is 0 Å². The van der Waals surface area contributed by atoms with Crippen molar-refractivity contribution in [3.05, 3.63) is 16.1 Å². The molecule has 2 N–H and O–H groups in total. The van der Waals surface area contributed by atoms with Crippen LogP contribution in [0.3, 0.4) is 0 Å². The highest BCUT2D eigenvalue weighted by atomic mass is 32.1. The van der Waals surface area contributed by atoms with Gasteiger partial charge in [0.2, 0.25) is 0 Å². The van der Waals surface area contributed by atoms with E-state index in [-0.39, 0.29) is 6.61 Å². The first-order chi connectivity index (χ1) is 7.33. The van der Waals surface area contributed by atoms with E-state index in [1.807, 2.05) is 6.92 Å². The molecule has 4 nitrogen and oxygen atoms in total. The predicted molar refractivity (Wildman–Crippen MR) is 61.3 cm³/mol. The largest absolute Gasteiger partial charge is 0.394 e. The molecule has 0 spiro atoms. The van der Waals surface area contributed by atoms with Gasteiger partial charge < -0.3 is 15.2 Å². The summed E-state index contributed by atoms with van der Waals surface area (Å²) in [5, 5.41) is 15.0. The van der Waals surface area contributed by atoms with Crippen LogP contribution in [0.15, 0.2) is 5.38 Å². The first-order valence-corrected chi connectivity index (χ1v) is 6.01. The van der Waals surface area contributed by atoms with E-state index >= 15 is 0 Å². The number of hydrogen-bond acceptors (Lipinski definition) is 5. The number of aliphatic hydroxyl groups excluding tert-OH is 1. The molecule has 0 saturated carbocycles. The Morgan fingerprint density at radius 1 is 1.47 bits per heavy atom. The first-order valence-electron chi connectivity index (χ1n) is 5.13. The summed E-state index contributed by atoms with van der Waals surface area (Å²) in [7, 11) is 0. The monoisotopic (exact) mass is 230 g/mol. The van der Waals surface area contributed by atoms with E-state index in [2.05, 4.69) is 15.7 Å². The van der Waals surface area contributed by atoms with Crippen LogP contribution < -0.4 is 5.32 Å². The Labute approximate surface area is 94.3 Å². The molecule has 0 saturated heterocycles. The van der Waals surface area contributed by atoms with Crippen LogP contribution in [-0.4, -0.2) is 43.0 Å². The molecule has 5 heteroatoms. The zero-order valence-corrected chi connectivity index (χ0v) is 9.85. The Kier molecular flexibility index (Phi) is 6.50. The molecular weight excluding hydrogens is 212 g/mol. The SMILES string of the molecule is Cc1csc(CCNCCOCCO)n1. The summed E-state index contributed by atoms with van der Waals surface area (Å²) in [5.74, 6) is 0. The molecule has 0 aliphatic carbocycles. The van der Waals surface area contributed by atoms with Gasteiger partial charge in [-0.15, -0.1) is 11.3 Å². The Morgan fingerprint density at radius 3 is 3.00 bits per heavy atom. The van der Waals surface area contributed by atoms with E-state index in [1.54, 1.807) is 11.3 Å². The molecule has 0 fully saturated rings. The minimum absolute atomic E-state index is 0.0956. The van der Waals surface area contributed by atoms with E-state index < -0.39 is 0 Å². The molecule has 15 heavy (non-hydrogen) atoms. The minimum Gasteiger partial charge on any atom is -0.394 e. The highest BCUT2D eigenvalue weighted by Crippen LogP contribution is 2.08. The molecule has 1 heterocycles. The van der Waals surface area contributed by atoms with Gasteiger partial charge in [0.1, 0.15) is 0 Å². The van der Waals surface area contributed by atoms with Crippen LogP contribution in [0, 0.1) is 6.92 Å². The highest BCUT2D eigenvalue weighted by molar-refractivity contribution is 7.09. The molecule has 86 valence electrons. The lowest BCUT2D eigenvalue weighted by molar-refractivity contribution is 0.0940. The van der Waals surface area contributed by atoms with Gasteiger partial charge >= 0.3 is 0 Å². The molecular formula is C10H18N2O2S. The van der Waals surface area contributed by atoms with Crippen molar-refractivity contribution in [1.29, 1.82) is 0 Å². The molecule has 0 unspecified atom stereocenters. The Bertz CT molecular complexity index is 266. The van der Waals surface area contributed by atoms with E-state index in [0.29, 0.717) is 13.2 Å². The lowest BCUT2D eigenvalue weighted by Gasteiger charge is -2.03. The molecule has 1 rings (SSSR count). The number of aliphatic hydroxyl groups is 1. The van der Waals surface area contributed by atoms with Gasteiger partial charge in [-0.1, -0.05) is 0 Å². The van der Waals surface area contributed by atoms with Gasteiger partial charge in [-0.2, -0.15) is 0 Å². The summed E-state index contributed by atoms with van der Waals surface area (Å²) in [6.07, 6.45) is 0.971. The first kappa shape index (κ1) is 12.6. The average Bonchev–Trinajstić information content (AvgIpc) is 2.63. The lowest BCUT2D eigenvalue weighted by Crippen LogP contribution is -2.22. The number of rotatable bonds is 8. The van der Waals surface area contributed by atoms with Crippen molar-refractivity contribution in [3.63, 3.8) is 0 Å². The number of hydrogen-bond donors (Lipinski definition) is 2. The van der Waals surface area contributed by atoms with Crippen molar-refractivity contribution in [1.82, 2.24) is 10.3 Å². The van der Waals surface area contributed by atoms with Crippen molar-refractivity contribution in [2.45, 2.75) is 13.3 Å². The van der Waals surface area contributed by atoms with Gasteiger partial charge in [0.25, 0.3) is 0 Å². The van der Waals surface area contributed by atoms with E-state index in [1.165, 1.54) is 5.01 Å². The molecule has 0 amide bonds. The van der Waals surface area contributed by atoms with E-state index in [4.69, 9.17) is 9.84 Å². The molecule has 0 aliphatic rings. The second-order valence-corrected chi connectivity index (χ2v) is 4.16. The van der Waals surface area contributed by atoms with Crippen LogP contribution in [-0.2, 0) is 11.2 Å². The van der Waals surface area contributed by atoms with Gasteiger partial charge in [-0.25, -0.2) is 4.98 Å². The van der Waals surface area contributed by atoms with Gasteiger partial charge in [0, 0.05) is 30.6 Å². The molecule has 1 aromatic rings. The third-order valence-electron chi connectivity index (χ3n) is 1.84. The standard InChI is InChI=1S/C10H18N2O2S/c1-9-8-15-10(12-9)2-3-11-4-6-14-7-5-13/h8,11,13H,2-7H2,1H3. The fourth-order valence-electron chi connectivity index (χ4n) is 1.15. The highest BCUT2D eigenvalue weighted by Gasteiger charge is 1.97. The summed E-state index contributed by atoms with van der Waals surface area (Å²) >= 11 is 1.71. The van der Waals surface area contributed by atoms with Crippen molar-refractivity contribution in [2.75, 3.05) is 32.9 Å². The number of nitrogens with zero attached hydrogens (tertiary/aromatic N) is 1. The maximum absolute atomic E-state index is 8.47. The third kappa shape index (κ3) is 5.84. The van der Waals surface area contributed by atoms with Gasteiger partial charge in [0.15, 0.2) is 0 Å². The van der Waals surface area contributed by atoms with Crippen molar-refractivity contribution >= 4 is 11.3 Å². The van der Waals surface area contributed by atoms with Gasteiger partial charge in [-0.05, 0) is 6.92 Å². The molecule has 0 radical (unpaired) electrons. The van der Waals surface area contributed by atoms with Crippen LogP contribution in [0.4, 0.5) is 0 Å². The maximum Gasteiger partial charge on any atom is 0.0940 e. The van der Waals surface area contributed by atoms with Crippen LogP contribution in [0.25, 0.3) is 0 Å². The summed E-state index contributed by atoms with van der Waals surface area (Å²) in [6, 6.07) is 0. The second kappa shape index (κ2) is 7.76. The van der Waals surface area contributed by atoms with Crippen molar-refractivity contribution < 1.29 is 9.84 Å². The normalized spacial score (nSPS) is 10.8. The van der Waals surface area contributed by atoms with E-state index in [9.17, 15) is 0 Å². The minimum atomic E-state index is 0.0956. The van der Waals surface area contributed by atoms with E-state index in [0.717, 1.165) is 25.2 Å². The number of thiazole rings is 1. The van der Waals surface area contributed by atoms with Crippen LogP contribution in [0.1, 0.15) is 10.7 Å². The number of aryl methyl sites for hydroxylation is 1. The zero-order valence-electron chi connectivity index (χ0n) is 9.03. The predicted octanol–water partition coefficient (Wildman–Crippen LogP) is 0.593. The molecule has 0 aliphatic heterocycles. The summed E-state index contributed by atoms with van der Waals surface area (Å²) < 4.78 is 5.11. The second-order valence-electron chi connectivity index (χ2n) is 3.22. The fraction of sp³-hybridized carbons (Fsp3) is 0.700. The van der Waals surface area contributed by atoms with Crippen LogP contribution in [0.2, 0.25) is 0 Å². The Hall–Kier alpha value is -0.490. The van der Waals surface area contributed by atoms with Crippen LogP contribution >= 0.6 is 11.3 Å². The average molecular weight is 230 g/mol. The lowest BCUT2D eigenvalue weighted by atomic mass is 10.4. The summed E-state index contributed by atoms with van der Waals surface area (Å²) in [4.78, 5) is 4.37. The quantitative estimate of drug-likeness (QED) is 0.642. The summed E-state index contributed by atoms with van der Waals surface area (Å²) in [5.41, 5.74) is 1.10. The number of nitrogens with one attached hydrogen (secondary N) is 1. The topological polar surface area (TPSA) is 54.4 Å². The van der Waals surface area contributed by atoms with Gasteiger partial charge in [0.05, 0.1) is 24.8 Å². The third-order valence-corrected chi connectivity index (χ3v) is 2.87. The smallest absolute Gasteiger partial charge is 0.0940 e. The zero-order chi connectivity index (χ0) is 10.9. The van der Waals surface area contributed by atoms with Crippen molar-refractivity contribution in [3.8, 4) is 0 Å². The van der Waals surface area contributed by atoms with Crippen molar-refractivity contribution in [2.24, 2.45) is 0 Å². The maximum atomic E-state index is 8.47. The molecule has 0 atom stereocenters. The number of ether oxygens (including phenoxy) is 1. The Morgan fingerprint density at radius 2 is 2.33 bits per heavy atom. The fourth-order valence-corrected chi connectivity index (χ4v) is 1.92. The molecule has 0 aromatic carbocycles. The number of aromatic nitrogens is 1. The summed E-state index contributed by atoms with van der Waals surface area (Å²) in [6.45, 7) is 4.93. The molecule has 1 aromatic heterocycles. The molecule has 0 bridgehead atoms.